The monoisotopic (exact) mass is 1220 g/mol. The van der Waals surface area contributed by atoms with E-state index in [1.807, 2.05) is 34.6 Å². The molecule has 0 radical (unpaired) electrons. The van der Waals surface area contributed by atoms with Crippen LogP contribution in [0.1, 0.15) is 134 Å². The molecule has 0 aromatic carbocycles. The Morgan fingerprint density at radius 3 is 0.810 bits per heavy atom. The summed E-state index contributed by atoms with van der Waals surface area (Å²) in [4.78, 5) is 0.517. The van der Waals surface area contributed by atoms with Crippen molar-refractivity contribution in [2.75, 3.05) is 151 Å². The first-order chi connectivity index (χ1) is 40.1. The summed E-state index contributed by atoms with van der Waals surface area (Å²) in [5.74, 6) is 0. The van der Waals surface area contributed by atoms with Crippen LogP contribution in [0.5, 0.6) is 0 Å². The zero-order valence-electron chi connectivity index (χ0n) is 53.1. The van der Waals surface area contributed by atoms with E-state index in [2.05, 4.69) is 105 Å². The van der Waals surface area contributed by atoms with Gasteiger partial charge in [-0.05, 0) is 150 Å². The average Bonchev–Trinajstić information content (AvgIpc) is 3.48. The lowest BCUT2D eigenvalue weighted by Crippen LogP contribution is -2.41. The second-order valence-corrected chi connectivity index (χ2v) is 20.5. The summed E-state index contributed by atoms with van der Waals surface area (Å²) in [6, 6.07) is 2.08. The molecule has 0 spiro atoms. The molecule has 0 aromatic rings. The maximum Gasteiger partial charge on any atom is 0.0892 e. The molecular weight excluding hydrogens is 1100 g/mol. The molecule has 0 saturated heterocycles. The van der Waals surface area contributed by atoms with Crippen molar-refractivity contribution >= 4 is 0 Å². The normalized spacial score (nSPS) is 12.1. The number of nitrogens with two attached hydrogens (primary N) is 4. The van der Waals surface area contributed by atoms with Gasteiger partial charge in [0.15, 0.2) is 0 Å². The van der Waals surface area contributed by atoms with E-state index in [-0.39, 0.29) is 24.8 Å². The quantitative estimate of drug-likeness (QED) is 0.0179. The number of nitrogens with one attached hydrogen (secondary N) is 7. The molecule has 0 unspecified atom stereocenters. The van der Waals surface area contributed by atoms with Gasteiger partial charge in [-0.3, -0.25) is 0 Å². The van der Waals surface area contributed by atoms with Crippen molar-refractivity contribution < 1.29 is 24.8 Å². The first-order valence-electron chi connectivity index (χ1n) is 29.7. The van der Waals surface area contributed by atoms with Crippen LogP contribution < -0.4 is 60.2 Å². The summed E-state index contributed by atoms with van der Waals surface area (Å²) in [6.07, 6.45) is 7.33. The zero-order valence-corrected chi connectivity index (χ0v) is 53.1. The van der Waals surface area contributed by atoms with Crippen LogP contribution in [0.15, 0.2) is 26.4 Å². The zero-order chi connectivity index (χ0) is 64.8. The summed E-state index contributed by atoms with van der Waals surface area (Å²) in [6.45, 7) is 36.6. The molecule has 0 bridgehead atoms. The van der Waals surface area contributed by atoms with Gasteiger partial charge in [-0.1, -0.05) is 76.2 Å². The van der Waals surface area contributed by atoms with Crippen molar-refractivity contribution in [2.45, 2.75) is 164 Å². The van der Waals surface area contributed by atoms with E-state index in [9.17, 15) is 52.1 Å². The van der Waals surface area contributed by atoms with Crippen LogP contribution in [-0.4, -0.2) is 231 Å². The van der Waals surface area contributed by atoms with Crippen molar-refractivity contribution in [1.82, 2.24) is 62.3 Å². The lowest BCUT2D eigenvalue weighted by Gasteiger charge is -2.20. The Kier molecular flexibility index (Phi) is 67.7. The van der Waals surface area contributed by atoms with Gasteiger partial charge in [0.25, 0.3) is 0 Å². The van der Waals surface area contributed by atoms with Crippen LogP contribution in [0.2, 0.25) is 0 Å². The number of nitrogens with zero attached hydrogens (tertiary/aromatic N) is 15. The summed E-state index contributed by atoms with van der Waals surface area (Å²) < 4.78 is 0. The highest BCUT2D eigenvalue weighted by Crippen LogP contribution is 1.99. The summed E-state index contributed by atoms with van der Waals surface area (Å²) >= 11 is 0. The Labute approximate surface area is 502 Å². The van der Waals surface area contributed by atoms with Gasteiger partial charge in [-0.25, -0.2) is 0 Å². The van der Waals surface area contributed by atoms with Gasteiger partial charge in [-0.2, -0.15) is 0 Å². The predicted molar refractivity (Wildman–Crippen MR) is 330 cm³/mol. The maximum absolute atomic E-state index is 11.3. The Bertz CT molecular complexity index is 1510. The van der Waals surface area contributed by atoms with E-state index >= 15 is 0 Å². The van der Waals surface area contributed by atoms with E-state index in [1.54, 1.807) is 0 Å². The number of hydrogen-bond donors (Lipinski definition) is 11. The fourth-order valence-electron chi connectivity index (χ4n) is 6.75. The van der Waals surface area contributed by atoms with E-state index in [4.69, 9.17) is 22.9 Å². The second kappa shape index (κ2) is 65.1. The van der Waals surface area contributed by atoms with Crippen LogP contribution in [0.3, 0.4) is 0 Å². The molecule has 0 heterocycles. The summed E-state index contributed by atoms with van der Waals surface area (Å²) in [7, 11) is 0. The highest BCUT2D eigenvalue weighted by molar-refractivity contribution is 4.61. The maximum atomic E-state index is 11.3. The van der Waals surface area contributed by atoms with Crippen LogP contribution in [0.4, 0.5) is 0 Å². The number of hydrogen-bond acceptors (Lipinski definition) is 26. The van der Waals surface area contributed by atoms with Crippen molar-refractivity contribution in [3.63, 3.8) is 0 Å². The molecule has 15 N–H and O–H groups in total. The molecule has 36 nitrogen and oxygen atoms in total. The van der Waals surface area contributed by atoms with Crippen LogP contribution in [-0.2, 0) is 0 Å². The largest absolute Gasteiger partial charge is 0.737 e. The second-order valence-electron chi connectivity index (χ2n) is 20.5. The topological polar surface area (TPSA) is 512 Å². The van der Waals surface area contributed by atoms with E-state index in [0.717, 1.165) is 90.8 Å². The first kappa shape index (κ1) is 87.3. The molecule has 0 aromatic heterocycles. The Balaban J connectivity index is -0.000000312. The lowest BCUT2D eigenvalue weighted by molar-refractivity contribution is -0.690. The average molecular weight is 1220 g/mol. The molecule has 0 amide bonds. The van der Waals surface area contributed by atoms with E-state index in [0.29, 0.717) is 148 Å². The van der Waals surface area contributed by atoms with Gasteiger partial charge in [-0.15, -0.1) is 25.0 Å². The minimum atomic E-state index is 0.0366. The molecule has 84 heavy (non-hydrogen) atoms. The third-order valence-electron chi connectivity index (χ3n) is 11.0. The molecule has 0 fully saturated rings. The van der Waals surface area contributed by atoms with Gasteiger partial charge >= 0.3 is 0 Å². The van der Waals surface area contributed by atoms with Gasteiger partial charge in [0.1, 0.15) is 0 Å². The van der Waals surface area contributed by atoms with E-state index in [1.165, 1.54) is 25.0 Å². The minimum absolute atomic E-state index is 0.0366. The molecule has 0 aliphatic heterocycles. The highest BCUT2D eigenvalue weighted by atomic mass is 16.6. The first-order valence-corrected chi connectivity index (χ1v) is 29.7. The predicted octanol–water partition coefficient (Wildman–Crippen LogP) is 1.85. The molecule has 504 valence electrons. The molecule has 0 aliphatic carbocycles. The third kappa shape index (κ3) is 62.6. The fraction of sp³-hybridized carbons (Fsp3) is 1.00. The van der Waals surface area contributed by atoms with Crippen molar-refractivity contribution in [1.29, 1.82) is 0 Å². The van der Waals surface area contributed by atoms with Gasteiger partial charge in [0.2, 0.25) is 0 Å². The smallest absolute Gasteiger partial charge is 0.0892 e. The summed E-state index contributed by atoms with van der Waals surface area (Å²) in [5, 5.41) is 147. The van der Waals surface area contributed by atoms with Crippen LogP contribution >= 0.6 is 0 Å². The van der Waals surface area contributed by atoms with Crippen LogP contribution in [0.25, 0.3) is 0 Å². The Morgan fingerprint density at radius 2 is 0.536 bits per heavy atom. The van der Waals surface area contributed by atoms with Gasteiger partial charge < -0.3 is 112 Å². The lowest BCUT2D eigenvalue weighted by atomic mass is 10.3. The van der Waals surface area contributed by atoms with Gasteiger partial charge in [0.05, 0.1) is 65.4 Å². The molecule has 36 heteroatoms. The SMILES string of the molecule is CC(C)NCCCN(CCCN)/[N+]([O-])=N/[O-].CC(C)NCCCN(CCCNCCCN)/[N+]([O-])=N/[O-].CC(C)NCCCNCCCN(CCCN)/[N+]([O-])=N/[O-].CC(C)NCCN(CCN)/[N+]([O-])=N/[O-].CCCN(CCNC(C)C)/[N+]([O-])=N/[O-]. The molecular formula is C48H117N26O10-5. The molecule has 0 saturated carbocycles. The molecule has 0 aliphatic rings. The Morgan fingerprint density at radius 1 is 0.298 bits per heavy atom. The van der Waals surface area contributed by atoms with Crippen molar-refractivity contribution in [2.24, 2.45) is 49.3 Å². The number of hydrazine groups is 5. The summed E-state index contributed by atoms with van der Waals surface area (Å²) in [5.41, 5.74) is 21.4. The molecule has 0 rings (SSSR count). The fourth-order valence-corrected chi connectivity index (χ4v) is 6.75. The minimum Gasteiger partial charge on any atom is -0.737 e. The number of rotatable bonds is 49. The molecule has 0 atom stereocenters. The van der Waals surface area contributed by atoms with Crippen molar-refractivity contribution in [3.05, 3.63) is 52.1 Å². The van der Waals surface area contributed by atoms with Gasteiger partial charge in [0, 0.05) is 74.7 Å². The third-order valence-corrected chi connectivity index (χ3v) is 11.0. The highest BCUT2D eigenvalue weighted by Gasteiger charge is 2.14. The van der Waals surface area contributed by atoms with Crippen LogP contribution in [0, 0.1) is 52.1 Å². The van der Waals surface area contributed by atoms with Crippen molar-refractivity contribution in [3.8, 4) is 0 Å². The Hall–Kier alpha value is -5.44. The van der Waals surface area contributed by atoms with E-state index < -0.39 is 0 Å². The standard InChI is InChI=1S/2C12H30N6O2.C9H23N5O2.C8H20N4O2.C7H19N5O2/c1-12(2)15-9-4-7-14-8-5-11-17(10-3-6-13)18(20)16-19;1-12(2)15-9-5-11-17(18(20)16-19)10-4-8-14-7-3-6-13;1-9(2)11-6-4-8-13(7-3-5-10)14(16)12-15;1-4-6-11(12(14)10-13)7-5-9-8(2)3;1-7(2)9-4-6-11(5-3-8)12(14)10-13/h2*12,14-15,19H,3-11,13H2,1-2H3;9,11,15H,3-8,10H2,1-2H3;8-9,13H,4-7H2,1-3H3;7,9,13H,3-6,8H2,1-2H3/p-5/b2*18-16-;14-12-;2*12-10-.